The molecule has 0 bridgehead atoms. The van der Waals surface area contributed by atoms with Gasteiger partial charge in [0, 0.05) is 6.08 Å². The molecule has 12 heavy (non-hydrogen) atoms. The molecule has 2 heteroatoms. The van der Waals surface area contributed by atoms with Gasteiger partial charge >= 0.3 is 5.97 Å². The van der Waals surface area contributed by atoms with Crippen LogP contribution in [0.2, 0.25) is 0 Å². The minimum Gasteiger partial charge on any atom is -0.478 e. The Kier molecular flexibility index (Phi) is 3.32. The second-order valence-corrected chi connectivity index (χ2v) is 3.48. The summed E-state index contributed by atoms with van der Waals surface area (Å²) in [5.74, 6) is 0.981. The minimum atomic E-state index is -0.835. The fraction of sp³-hybridized carbons (Fsp3) is 0.700. The normalized spacial score (nSPS) is 27.8. The standard InChI is InChI=1S/C10H16O2/c1-2-8-7-9(8)5-3-4-6-10(11)12/h4,6,8-9H,2-3,5,7H2,1H3,(H,11,12)/b6-4+. The largest absolute Gasteiger partial charge is 0.478 e. The van der Waals surface area contributed by atoms with Crippen molar-refractivity contribution in [3.05, 3.63) is 12.2 Å². The van der Waals surface area contributed by atoms with E-state index in [4.69, 9.17) is 5.11 Å². The molecule has 0 heterocycles. The Hall–Kier alpha value is -0.790. The van der Waals surface area contributed by atoms with E-state index < -0.39 is 5.97 Å². The van der Waals surface area contributed by atoms with Gasteiger partial charge in [-0.3, -0.25) is 0 Å². The van der Waals surface area contributed by atoms with Gasteiger partial charge in [0.05, 0.1) is 0 Å². The highest BCUT2D eigenvalue weighted by atomic mass is 16.4. The van der Waals surface area contributed by atoms with Gasteiger partial charge in [-0.15, -0.1) is 0 Å². The quantitative estimate of drug-likeness (QED) is 0.640. The predicted molar refractivity (Wildman–Crippen MR) is 47.9 cm³/mol. The van der Waals surface area contributed by atoms with Crippen molar-refractivity contribution in [2.75, 3.05) is 0 Å². The summed E-state index contributed by atoms with van der Waals surface area (Å²) in [6.07, 6.45) is 7.73. The van der Waals surface area contributed by atoms with Gasteiger partial charge in [0.1, 0.15) is 0 Å². The summed E-state index contributed by atoms with van der Waals surface area (Å²) in [5, 5.41) is 8.31. The first-order chi connectivity index (χ1) is 5.74. The molecular formula is C10H16O2. The van der Waals surface area contributed by atoms with Crippen molar-refractivity contribution in [1.82, 2.24) is 0 Å². The summed E-state index contributed by atoms with van der Waals surface area (Å²) in [7, 11) is 0. The number of carboxylic acids is 1. The highest BCUT2D eigenvalue weighted by molar-refractivity contribution is 5.79. The third kappa shape index (κ3) is 3.07. The Morgan fingerprint density at radius 1 is 1.58 bits per heavy atom. The monoisotopic (exact) mass is 168 g/mol. The number of carbonyl (C=O) groups is 1. The molecule has 0 aromatic carbocycles. The van der Waals surface area contributed by atoms with Crippen molar-refractivity contribution in [1.29, 1.82) is 0 Å². The smallest absolute Gasteiger partial charge is 0.327 e. The lowest BCUT2D eigenvalue weighted by Gasteiger charge is -1.92. The molecule has 2 nitrogen and oxygen atoms in total. The van der Waals surface area contributed by atoms with E-state index in [2.05, 4.69) is 6.92 Å². The van der Waals surface area contributed by atoms with E-state index in [0.29, 0.717) is 0 Å². The fourth-order valence-electron chi connectivity index (χ4n) is 1.66. The van der Waals surface area contributed by atoms with Crippen molar-refractivity contribution < 1.29 is 9.90 Å². The second kappa shape index (κ2) is 4.29. The van der Waals surface area contributed by atoms with Crippen LogP contribution in [0, 0.1) is 11.8 Å². The van der Waals surface area contributed by atoms with Gasteiger partial charge in [0.25, 0.3) is 0 Å². The molecule has 0 aromatic rings. The van der Waals surface area contributed by atoms with Gasteiger partial charge in [-0.25, -0.2) is 4.79 Å². The van der Waals surface area contributed by atoms with Gasteiger partial charge in [-0.2, -0.15) is 0 Å². The highest BCUT2D eigenvalue weighted by Crippen LogP contribution is 2.44. The number of rotatable bonds is 5. The van der Waals surface area contributed by atoms with Gasteiger partial charge in [-0.1, -0.05) is 19.4 Å². The molecule has 0 radical (unpaired) electrons. The zero-order chi connectivity index (χ0) is 8.97. The van der Waals surface area contributed by atoms with Crippen LogP contribution >= 0.6 is 0 Å². The second-order valence-electron chi connectivity index (χ2n) is 3.48. The van der Waals surface area contributed by atoms with Gasteiger partial charge < -0.3 is 5.11 Å². The maximum Gasteiger partial charge on any atom is 0.327 e. The zero-order valence-electron chi connectivity index (χ0n) is 7.49. The lowest BCUT2D eigenvalue weighted by molar-refractivity contribution is -0.131. The van der Waals surface area contributed by atoms with E-state index in [1.807, 2.05) is 0 Å². The Labute approximate surface area is 73.3 Å². The van der Waals surface area contributed by atoms with E-state index in [-0.39, 0.29) is 0 Å². The molecule has 0 amide bonds. The summed E-state index contributed by atoms with van der Waals surface area (Å²) in [6.45, 7) is 2.22. The Bertz CT molecular complexity index is 184. The average molecular weight is 168 g/mol. The number of aliphatic carboxylic acids is 1. The predicted octanol–water partition coefficient (Wildman–Crippen LogP) is 2.45. The molecule has 1 aliphatic carbocycles. The van der Waals surface area contributed by atoms with Crippen LogP contribution in [-0.2, 0) is 4.79 Å². The van der Waals surface area contributed by atoms with Crippen molar-refractivity contribution >= 4 is 5.97 Å². The zero-order valence-corrected chi connectivity index (χ0v) is 7.49. The van der Waals surface area contributed by atoms with Crippen LogP contribution in [0.4, 0.5) is 0 Å². The van der Waals surface area contributed by atoms with Crippen molar-refractivity contribution in [3.8, 4) is 0 Å². The van der Waals surface area contributed by atoms with Crippen molar-refractivity contribution in [2.24, 2.45) is 11.8 Å². The average Bonchev–Trinajstić information content (AvgIpc) is 2.76. The summed E-state index contributed by atoms with van der Waals surface area (Å²) in [4.78, 5) is 10.1. The number of carboxylic acid groups (broad SMARTS) is 1. The van der Waals surface area contributed by atoms with Crippen LogP contribution in [0.25, 0.3) is 0 Å². The molecule has 1 saturated carbocycles. The van der Waals surface area contributed by atoms with E-state index in [1.165, 1.54) is 25.3 Å². The SMILES string of the molecule is CCC1CC1CC/C=C/C(=O)O. The molecular weight excluding hydrogens is 152 g/mol. The van der Waals surface area contributed by atoms with Crippen molar-refractivity contribution in [3.63, 3.8) is 0 Å². The molecule has 68 valence electrons. The molecule has 0 saturated heterocycles. The van der Waals surface area contributed by atoms with E-state index in [1.54, 1.807) is 6.08 Å². The fourth-order valence-corrected chi connectivity index (χ4v) is 1.66. The highest BCUT2D eigenvalue weighted by Gasteiger charge is 2.33. The summed E-state index contributed by atoms with van der Waals surface area (Å²) in [6, 6.07) is 0. The molecule has 1 rings (SSSR count). The van der Waals surface area contributed by atoms with Gasteiger partial charge in [-0.05, 0) is 31.1 Å². The topological polar surface area (TPSA) is 37.3 Å². The molecule has 1 aliphatic rings. The molecule has 0 spiro atoms. The summed E-state index contributed by atoms with van der Waals surface area (Å²) >= 11 is 0. The first-order valence-corrected chi connectivity index (χ1v) is 4.63. The van der Waals surface area contributed by atoms with E-state index in [9.17, 15) is 4.79 Å². The first-order valence-electron chi connectivity index (χ1n) is 4.63. The van der Waals surface area contributed by atoms with Crippen LogP contribution in [0.1, 0.15) is 32.6 Å². The van der Waals surface area contributed by atoms with Crippen LogP contribution < -0.4 is 0 Å². The third-order valence-electron chi connectivity index (χ3n) is 2.56. The van der Waals surface area contributed by atoms with Crippen LogP contribution in [0.3, 0.4) is 0 Å². The number of allylic oxidation sites excluding steroid dienone is 1. The van der Waals surface area contributed by atoms with Gasteiger partial charge in [0.15, 0.2) is 0 Å². The number of hydrogen-bond donors (Lipinski definition) is 1. The summed E-state index contributed by atoms with van der Waals surface area (Å²) < 4.78 is 0. The molecule has 1 N–H and O–H groups in total. The van der Waals surface area contributed by atoms with Gasteiger partial charge in [0.2, 0.25) is 0 Å². The van der Waals surface area contributed by atoms with E-state index in [0.717, 1.165) is 18.3 Å². The lowest BCUT2D eigenvalue weighted by Crippen LogP contribution is -1.86. The Balaban J connectivity index is 2.01. The lowest BCUT2D eigenvalue weighted by atomic mass is 10.1. The maximum absolute atomic E-state index is 10.1. The maximum atomic E-state index is 10.1. The minimum absolute atomic E-state index is 0.835. The van der Waals surface area contributed by atoms with Crippen LogP contribution in [0.5, 0.6) is 0 Å². The molecule has 1 fully saturated rings. The van der Waals surface area contributed by atoms with Crippen LogP contribution in [-0.4, -0.2) is 11.1 Å². The van der Waals surface area contributed by atoms with Crippen molar-refractivity contribution in [2.45, 2.75) is 32.6 Å². The van der Waals surface area contributed by atoms with E-state index >= 15 is 0 Å². The molecule has 2 atom stereocenters. The Morgan fingerprint density at radius 2 is 2.33 bits per heavy atom. The molecule has 0 aromatic heterocycles. The first kappa shape index (κ1) is 9.30. The third-order valence-corrected chi connectivity index (χ3v) is 2.56. The summed E-state index contributed by atoms with van der Waals surface area (Å²) in [5.41, 5.74) is 0. The molecule has 0 aliphatic heterocycles. The molecule has 2 unspecified atom stereocenters. The number of hydrogen-bond acceptors (Lipinski definition) is 1. The van der Waals surface area contributed by atoms with Crippen LogP contribution in [0.15, 0.2) is 12.2 Å². The Morgan fingerprint density at radius 3 is 2.83 bits per heavy atom.